The van der Waals surface area contributed by atoms with Crippen LogP contribution in [0.3, 0.4) is 0 Å². The summed E-state index contributed by atoms with van der Waals surface area (Å²) in [5.41, 5.74) is 2.92. The van der Waals surface area contributed by atoms with Gasteiger partial charge in [0, 0.05) is 31.9 Å². The van der Waals surface area contributed by atoms with Gasteiger partial charge >= 0.3 is 0 Å². The first-order valence-corrected chi connectivity index (χ1v) is 7.28. The monoisotopic (exact) mass is 246 g/mol. The van der Waals surface area contributed by atoms with Crippen LogP contribution < -0.4 is 4.90 Å². The molecule has 0 spiro atoms. The van der Waals surface area contributed by atoms with E-state index in [0.29, 0.717) is 0 Å². The number of benzene rings is 1. The van der Waals surface area contributed by atoms with Crippen LogP contribution in [0.4, 0.5) is 5.69 Å². The Morgan fingerprint density at radius 1 is 1.06 bits per heavy atom. The zero-order valence-corrected chi connectivity index (χ0v) is 12.0. The average Bonchev–Trinajstić information content (AvgIpc) is 2.41. The number of hydrogen-bond donors (Lipinski definition) is 0. The molecular formula is C16H26N2. The first kappa shape index (κ1) is 13.4. The molecule has 1 saturated heterocycles. The number of likely N-dealkylation sites (N-methyl/N-ethyl adjacent to an activating group) is 1. The van der Waals surface area contributed by atoms with Crippen LogP contribution >= 0.6 is 0 Å². The third kappa shape index (κ3) is 3.05. The van der Waals surface area contributed by atoms with Gasteiger partial charge in [-0.2, -0.15) is 0 Å². The Hall–Kier alpha value is -1.02. The van der Waals surface area contributed by atoms with E-state index in [2.05, 4.69) is 55.0 Å². The summed E-state index contributed by atoms with van der Waals surface area (Å²) < 4.78 is 0. The molecule has 1 heterocycles. The van der Waals surface area contributed by atoms with Crippen molar-refractivity contribution in [2.75, 3.05) is 38.1 Å². The zero-order valence-electron chi connectivity index (χ0n) is 12.0. The molecule has 2 rings (SSSR count). The molecule has 100 valence electrons. The first-order chi connectivity index (χ1) is 8.74. The molecule has 2 nitrogen and oxygen atoms in total. The minimum atomic E-state index is 0.720. The second-order valence-corrected chi connectivity index (χ2v) is 5.40. The average molecular weight is 246 g/mol. The van der Waals surface area contributed by atoms with Gasteiger partial charge in [-0.15, -0.1) is 0 Å². The fraction of sp³-hybridized carbons (Fsp3) is 0.625. The molecular weight excluding hydrogens is 220 g/mol. The predicted molar refractivity (Wildman–Crippen MR) is 79.5 cm³/mol. The van der Waals surface area contributed by atoms with E-state index >= 15 is 0 Å². The van der Waals surface area contributed by atoms with Crippen LogP contribution in [0.25, 0.3) is 0 Å². The quantitative estimate of drug-likeness (QED) is 0.804. The van der Waals surface area contributed by atoms with Crippen molar-refractivity contribution in [2.45, 2.75) is 32.6 Å². The van der Waals surface area contributed by atoms with E-state index in [9.17, 15) is 0 Å². The Morgan fingerprint density at radius 3 is 2.33 bits per heavy atom. The molecule has 0 radical (unpaired) electrons. The maximum absolute atomic E-state index is 2.52. The number of anilines is 1. The fourth-order valence-electron chi connectivity index (χ4n) is 2.80. The van der Waals surface area contributed by atoms with Gasteiger partial charge in [0.25, 0.3) is 0 Å². The molecule has 0 amide bonds. The van der Waals surface area contributed by atoms with Crippen LogP contribution in [0.1, 0.15) is 38.2 Å². The number of rotatable bonds is 4. The highest BCUT2D eigenvalue weighted by molar-refractivity contribution is 5.49. The Labute approximate surface area is 112 Å². The summed E-state index contributed by atoms with van der Waals surface area (Å²) in [6.07, 6.45) is 2.48. The predicted octanol–water partition coefficient (Wildman–Crippen LogP) is 3.34. The molecule has 0 atom stereocenters. The van der Waals surface area contributed by atoms with E-state index in [-0.39, 0.29) is 0 Å². The van der Waals surface area contributed by atoms with E-state index in [4.69, 9.17) is 0 Å². The summed E-state index contributed by atoms with van der Waals surface area (Å²) in [6, 6.07) is 9.18. The third-order valence-corrected chi connectivity index (χ3v) is 4.20. The maximum Gasteiger partial charge on any atom is 0.0369 e. The van der Waals surface area contributed by atoms with Gasteiger partial charge in [0.1, 0.15) is 0 Å². The highest BCUT2D eigenvalue weighted by Gasteiger charge is 2.15. The molecule has 0 N–H and O–H groups in total. The van der Waals surface area contributed by atoms with E-state index in [0.717, 1.165) is 19.0 Å². The van der Waals surface area contributed by atoms with Crippen molar-refractivity contribution in [2.24, 2.45) is 0 Å². The normalized spacial score (nSPS) is 17.4. The van der Waals surface area contributed by atoms with Crippen LogP contribution in [-0.4, -0.2) is 38.1 Å². The molecule has 2 heteroatoms. The lowest BCUT2D eigenvalue weighted by Crippen LogP contribution is -2.44. The minimum Gasteiger partial charge on any atom is -0.369 e. The Balaban J connectivity index is 2.11. The molecule has 1 aromatic carbocycles. The van der Waals surface area contributed by atoms with Crippen LogP contribution in [-0.2, 0) is 0 Å². The summed E-state index contributed by atoms with van der Waals surface area (Å²) in [5, 5.41) is 0. The van der Waals surface area contributed by atoms with Crippen LogP contribution in [0.2, 0.25) is 0 Å². The molecule has 1 fully saturated rings. The van der Waals surface area contributed by atoms with Gasteiger partial charge < -0.3 is 9.80 Å². The van der Waals surface area contributed by atoms with Crippen molar-refractivity contribution in [3.05, 3.63) is 29.8 Å². The van der Waals surface area contributed by atoms with Crippen molar-refractivity contribution in [3.8, 4) is 0 Å². The van der Waals surface area contributed by atoms with E-state index < -0.39 is 0 Å². The van der Waals surface area contributed by atoms with E-state index in [1.165, 1.54) is 37.2 Å². The molecule has 1 aliphatic heterocycles. The zero-order chi connectivity index (χ0) is 13.0. The van der Waals surface area contributed by atoms with Gasteiger partial charge in [0.05, 0.1) is 0 Å². The third-order valence-electron chi connectivity index (χ3n) is 4.20. The van der Waals surface area contributed by atoms with Gasteiger partial charge in [-0.1, -0.05) is 26.0 Å². The lowest BCUT2D eigenvalue weighted by Gasteiger charge is -2.34. The molecule has 0 aliphatic carbocycles. The number of nitrogens with zero attached hydrogens (tertiary/aromatic N) is 2. The summed E-state index contributed by atoms with van der Waals surface area (Å²) in [5.74, 6) is 0.720. The standard InChI is InChI=1S/C16H26N2/c1-4-14(5-2)15-7-6-8-16(13-15)18-11-9-17(3)10-12-18/h6-8,13-14H,4-5,9-12H2,1-3H3. The summed E-state index contributed by atoms with van der Waals surface area (Å²) in [4.78, 5) is 4.92. The second kappa shape index (κ2) is 6.24. The maximum atomic E-state index is 2.52. The molecule has 1 aliphatic rings. The molecule has 18 heavy (non-hydrogen) atoms. The second-order valence-electron chi connectivity index (χ2n) is 5.40. The minimum absolute atomic E-state index is 0.720. The van der Waals surface area contributed by atoms with E-state index in [1.807, 2.05) is 0 Å². The lowest BCUT2D eigenvalue weighted by atomic mass is 9.93. The SMILES string of the molecule is CCC(CC)c1cccc(N2CCN(C)CC2)c1. The Morgan fingerprint density at radius 2 is 1.72 bits per heavy atom. The van der Waals surface area contributed by atoms with Gasteiger partial charge in [-0.05, 0) is 43.5 Å². The Bertz CT molecular complexity index is 363. The fourth-order valence-corrected chi connectivity index (χ4v) is 2.80. The molecule has 0 saturated carbocycles. The van der Waals surface area contributed by atoms with Crippen molar-refractivity contribution < 1.29 is 0 Å². The molecule has 0 aromatic heterocycles. The highest BCUT2D eigenvalue weighted by atomic mass is 15.2. The van der Waals surface area contributed by atoms with E-state index in [1.54, 1.807) is 0 Å². The number of hydrogen-bond acceptors (Lipinski definition) is 2. The van der Waals surface area contributed by atoms with Crippen molar-refractivity contribution in [1.82, 2.24) is 4.90 Å². The van der Waals surface area contributed by atoms with Gasteiger partial charge in [0.15, 0.2) is 0 Å². The first-order valence-electron chi connectivity index (χ1n) is 7.28. The van der Waals surface area contributed by atoms with Crippen molar-refractivity contribution in [3.63, 3.8) is 0 Å². The summed E-state index contributed by atoms with van der Waals surface area (Å²) in [7, 11) is 2.21. The van der Waals surface area contributed by atoms with Gasteiger partial charge in [-0.3, -0.25) is 0 Å². The van der Waals surface area contributed by atoms with Crippen molar-refractivity contribution >= 4 is 5.69 Å². The van der Waals surface area contributed by atoms with Crippen molar-refractivity contribution in [1.29, 1.82) is 0 Å². The largest absolute Gasteiger partial charge is 0.369 e. The molecule has 0 bridgehead atoms. The smallest absolute Gasteiger partial charge is 0.0369 e. The highest BCUT2D eigenvalue weighted by Crippen LogP contribution is 2.27. The van der Waals surface area contributed by atoms with Crippen LogP contribution in [0.5, 0.6) is 0 Å². The lowest BCUT2D eigenvalue weighted by molar-refractivity contribution is 0.313. The van der Waals surface area contributed by atoms with Crippen LogP contribution in [0, 0.1) is 0 Å². The molecule has 1 aromatic rings. The van der Waals surface area contributed by atoms with Gasteiger partial charge in [0.2, 0.25) is 0 Å². The van der Waals surface area contributed by atoms with Gasteiger partial charge in [-0.25, -0.2) is 0 Å². The summed E-state index contributed by atoms with van der Waals surface area (Å²) >= 11 is 0. The topological polar surface area (TPSA) is 6.48 Å². The number of piperazine rings is 1. The van der Waals surface area contributed by atoms with Crippen LogP contribution in [0.15, 0.2) is 24.3 Å². The Kier molecular flexibility index (Phi) is 4.65. The summed E-state index contributed by atoms with van der Waals surface area (Å²) in [6.45, 7) is 9.24. The molecule has 0 unspecified atom stereocenters.